The molecule has 0 radical (unpaired) electrons. The number of sulfonamides is 1. The lowest BCUT2D eigenvalue weighted by atomic mass is 10.4. The highest BCUT2D eigenvalue weighted by molar-refractivity contribution is 7.92. The molecule has 94 valence electrons. The second-order valence-corrected chi connectivity index (χ2v) is 5.02. The molecule has 7 nitrogen and oxygen atoms in total. The van der Waals surface area contributed by atoms with Gasteiger partial charge in [0.15, 0.2) is 0 Å². The third-order valence-corrected chi connectivity index (χ3v) is 3.43. The van der Waals surface area contributed by atoms with E-state index in [1.165, 1.54) is 24.8 Å². The van der Waals surface area contributed by atoms with Gasteiger partial charge in [-0.25, -0.2) is 18.4 Å². The molecular formula is C10H11N5O2S. The fourth-order valence-corrected chi connectivity index (χ4v) is 2.17. The van der Waals surface area contributed by atoms with Crippen LogP contribution in [0, 0.1) is 0 Å². The lowest BCUT2D eigenvalue weighted by molar-refractivity contribution is 0.600. The molecule has 0 fully saturated rings. The second-order valence-electron chi connectivity index (χ2n) is 3.33. The van der Waals surface area contributed by atoms with Gasteiger partial charge in [0.05, 0.1) is 18.1 Å². The second kappa shape index (κ2) is 4.96. The smallest absolute Gasteiger partial charge is 0.264 e. The Kier molecular flexibility index (Phi) is 3.38. The van der Waals surface area contributed by atoms with Crippen LogP contribution < -0.4 is 10.0 Å². The summed E-state index contributed by atoms with van der Waals surface area (Å²) < 4.78 is 26.3. The van der Waals surface area contributed by atoms with Gasteiger partial charge in [-0.1, -0.05) is 0 Å². The van der Waals surface area contributed by atoms with Gasteiger partial charge in [0.2, 0.25) is 5.95 Å². The van der Waals surface area contributed by atoms with Crippen molar-refractivity contribution in [3.8, 4) is 0 Å². The van der Waals surface area contributed by atoms with E-state index < -0.39 is 10.0 Å². The van der Waals surface area contributed by atoms with Crippen LogP contribution in [-0.4, -0.2) is 30.4 Å². The maximum Gasteiger partial charge on any atom is 0.264 e. The highest BCUT2D eigenvalue weighted by atomic mass is 32.2. The third kappa shape index (κ3) is 2.72. The van der Waals surface area contributed by atoms with Crippen LogP contribution in [0.1, 0.15) is 0 Å². The molecule has 18 heavy (non-hydrogen) atoms. The summed E-state index contributed by atoms with van der Waals surface area (Å²) in [5.41, 5.74) is 0.433. The quantitative estimate of drug-likeness (QED) is 0.845. The molecule has 0 aliphatic heterocycles. The predicted molar refractivity (Wildman–Crippen MR) is 66.6 cm³/mol. The van der Waals surface area contributed by atoms with E-state index in [2.05, 4.69) is 25.0 Å². The fraction of sp³-hybridized carbons (Fsp3) is 0.100. The van der Waals surface area contributed by atoms with Crippen molar-refractivity contribution in [3.05, 3.63) is 36.9 Å². The molecule has 2 aromatic heterocycles. The first-order valence-corrected chi connectivity index (χ1v) is 6.53. The minimum Gasteiger partial charge on any atom is -0.357 e. The van der Waals surface area contributed by atoms with Gasteiger partial charge in [-0.3, -0.25) is 9.71 Å². The van der Waals surface area contributed by atoms with E-state index in [9.17, 15) is 8.42 Å². The van der Waals surface area contributed by atoms with Crippen molar-refractivity contribution in [2.75, 3.05) is 17.1 Å². The molecule has 0 spiro atoms. The summed E-state index contributed by atoms with van der Waals surface area (Å²) in [6.07, 6.45) is 5.47. The van der Waals surface area contributed by atoms with Crippen LogP contribution in [0.5, 0.6) is 0 Å². The van der Waals surface area contributed by atoms with E-state index in [4.69, 9.17) is 0 Å². The molecule has 0 saturated carbocycles. The zero-order valence-corrected chi connectivity index (χ0v) is 10.3. The molecule has 2 aromatic rings. The van der Waals surface area contributed by atoms with Crippen molar-refractivity contribution in [2.24, 2.45) is 0 Å². The molecule has 2 rings (SSSR count). The van der Waals surface area contributed by atoms with Crippen molar-refractivity contribution in [1.82, 2.24) is 15.0 Å². The molecule has 8 heteroatoms. The molecule has 0 aliphatic carbocycles. The van der Waals surface area contributed by atoms with Gasteiger partial charge in [-0.15, -0.1) is 0 Å². The Morgan fingerprint density at radius 2 is 1.72 bits per heavy atom. The topological polar surface area (TPSA) is 96.9 Å². The lowest BCUT2D eigenvalue weighted by Crippen LogP contribution is -2.14. The van der Waals surface area contributed by atoms with E-state index in [1.807, 2.05) is 0 Å². The summed E-state index contributed by atoms with van der Waals surface area (Å²) >= 11 is 0. The number of hydrogen-bond acceptors (Lipinski definition) is 6. The zero-order valence-electron chi connectivity index (χ0n) is 9.53. The van der Waals surface area contributed by atoms with E-state index in [1.54, 1.807) is 19.2 Å². The van der Waals surface area contributed by atoms with E-state index in [-0.39, 0.29) is 4.90 Å². The maximum absolute atomic E-state index is 12.0. The van der Waals surface area contributed by atoms with Crippen LogP contribution in [0.4, 0.5) is 11.6 Å². The summed E-state index contributed by atoms with van der Waals surface area (Å²) in [5.74, 6) is 0.359. The van der Waals surface area contributed by atoms with Gasteiger partial charge >= 0.3 is 0 Å². The van der Waals surface area contributed by atoms with Crippen molar-refractivity contribution < 1.29 is 8.42 Å². The minimum atomic E-state index is -3.67. The van der Waals surface area contributed by atoms with Gasteiger partial charge in [0.25, 0.3) is 10.0 Å². The first-order valence-electron chi connectivity index (χ1n) is 5.04. The Balaban J connectivity index is 2.25. The number of aromatic nitrogens is 3. The molecule has 0 amide bonds. The molecule has 0 atom stereocenters. The first-order chi connectivity index (χ1) is 8.62. The maximum atomic E-state index is 12.0. The Labute approximate surface area is 104 Å². The third-order valence-electron chi connectivity index (χ3n) is 2.09. The number of anilines is 2. The molecule has 0 unspecified atom stereocenters. The SMILES string of the molecule is CNc1ncc(S(=O)(=O)Nc2ccncc2)cn1. The number of nitrogens with zero attached hydrogens (tertiary/aromatic N) is 3. The largest absolute Gasteiger partial charge is 0.357 e. The molecule has 0 saturated heterocycles. The number of hydrogen-bond donors (Lipinski definition) is 2. The molecular weight excluding hydrogens is 254 g/mol. The lowest BCUT2D eigenvalue weighted by Gasteiger charge is -2.07. The van der Waals surface area contributed by atoms with Crippen molar-refractivity contribution >= 4 is 21.7 Å². The highest BCUT2D eigenvalue weighted by Gasteiger charge is 2.15. The Hall–Kier alpha value is -2.22. The normalized spacial score (nSPS) is 10.9. The Morgan fingerprint density at radius 3 is 2.28 bits per heavy atom. The summed E-state index contributed by atoms with van der Waals surface area (Å²) in [5, 5.41) is 2.71. The Morgan fingerprint density at radius 1 is 1.11 bits per heavy atom. The summed E-state index contributed by atoms with van der Waals surface area (Å²) in [4.78, 5) is 11.5. The predicted octanol–water partition coefficient (Wildman–Crippen LogP) is 0.714. The van der Waals surface area contributed by atoms with Gasteiger partial charge < -0.3 is 5.32 Å². The van der Waals surface area contributed by atoms with Crippen LogP contribution in [0.3, 0.4) is 0 Å². The van der Waals surface area contributed by atoms with Crippen molar-refractivity contribution in [1.29, 1.82) is 0 Å². The van der Waals surface area contributed by atoms with E-state index in [0.717, 1.165) is 0 Å². The monoisotopic (exact) mass is 265 g/mol. The first kappa shape index (κ1) is 12.2. The van der Waals surface area contributed by atoms with E-state index >= 15 is 0 Å². The van der Waals surface area contributed by atoms with Crippen LogP contribution in [0.2, 0.25) is 0 Å². The van der Waals surface area contributed by atoms with Crippen LogP contribution in [0.15, 0.2) is 41.8 Å². The highest BCUT2D eigenvalue weighted by Crippen LogP contribution is 2.13. The average Bonchev–Trinajstić information content (AvgIpc) is 2.39. The molecule has 0 bridgehead atoms. The summed E-state index contributed by atoms with van der Waals surface area (Å²) in [7, 11) is -2.02. The Bertz CT molecular complexity index is 612. The number of pyridine rings is 1. The number of rotatable bonds is 4. The van der Waals surface area contributed by atoms with Gasteiger partial charge in [-0.2, -0.15) is 0 Å². The molecule has 0 aliphatic rings. The van der Waals surface area contributed by atoms with E-state index in [0.29, 0.717) is 11.6 Å². The van der Waals surface area contributed by atoms with Crippen molar-refractivity contribution in [2.45, 2.75) is 4.90 Å². The van der Waals surface area contributed by atoms with Crippen LogP contribution in [-0.2, 0) is 10.0 Å². The number of nitrogens with one attached hydrogen (secondary N) is 2. The van der Waals surface area contributed by atoms with Gasteiger partial charge in [-0.05, 0) is 12.1 Å². The molecule has 2 heterocycles. The van der Waals surface area contributed by atoms with Crippen LogP contribution in [0.25, 0.3) is 0 Å². The summed E-state index contributed by atoms with van der Waals surface area (Å²) in [6, 6.07) is 3.11. The van der Waals surface area contributed by atoms with Crippen LogP contribution >= 0.6 is 0 Å². The fourth-order valence-electron chi connectivity index (χ4n) is 1.22. The van der Waals surface area contributed by atoms with Gasteiger partial charge in [0.1, 0.15) is 4.90 Å². The average molecular weight is 265 g/mol. The van der Waals surface area contributed by atoms with Gasteiger partial charge in [0, 0.05) is 19.4 Å². The van der Waals surface area contributed by atoms with Crippen molar-refractivity contribution in [3.63, 3.8) is 0 Å². The molecule has 2 N–H and O–H groups in total. The minimum absolute atomic E-state index is 0.00156. The zero-order chi connectivity index (χ0) is 13.0. The standard InChI is InChI=1S/C10H11N5O2S/c1-11-10-13-6-9(7-14-10)18(16,17)15-8-2-4-12-5-3-8/h2-7H,1H3,(H,12,15)(H,11,13,14). The molecule has 0 aromatic carbocycles. The summed E-state index contributed by atoms with van der Waals surface area (Å²) in [6.45, 7) is 0.